The lowest BCUT2D eigenvalue weighted by molar-refractivity contribution is 0.0972. The number of phenols is 2. The van der Waals surface area contributed by atoms with Crippen molar-refractivity contribution in [2.24, 2.45) is 0 Å². The quantitative estimate of drug-likeness (QED) is 0.592. The Morgan fingerprint density at radius 2 is 2.06 bits per heavy atom. The van der Waals surface area contributed by atoms with Crippen LogP contribution in [-0.2, 0) is 0 Å². The fourth-order valence-corrected chi connectivity index (χ4v) is 1.45. The lowest BCUT2D eigenvalue weighted by Gasteiger charge is -2.06. The van der Waals surface area contributed by atoms with Crippen molar-refractivity contribution >= 4 is 12.1 Å². The van der Waals surface area contributed by atoms with Crippen LogP contribution in [0.5, 0.6) is 11.5 Å². The lowest BCUT2D eigenvalue weighted by atomic mass is 9.99. The molecular weight excluding hydrogens is 208 g/mol. The van der Waals surface area contributed by atoms with Crippen molar-refractivity contribution in [1.29, 1.82) is 0 Å². The highest BCUT2D eigenvalue weighted by Gasteiger charge is 2.15. The fraction of sp³-hybridized carbons (Fsp3) is 0.333. The zero-order valence-electron chi connectivity index (χ0n) is 9.06. The average molecular weight is 222 g/mol. The van der Waals surface area contributed by atoms with E-state index in [0.717, 1.165) is 12.5 Å². The number of carbonyl (C=O) groups is 2. The number of Topliss-reactive ketones (excluding diaryl/α,β-unsaturated/α-hetero) is 1. The lowest BCUT2D eigenvalue weighted by Crippen LogP contribution is -2.03. The molecule has 0 fully saturated rings. The second-order valence-electron chi connectivity index (χ2n) is 3.57. The Balaban J connectivity index is 3.10. The number of ketones is 1. The Hall–Kier alpha value is -1.84. The summed E-state index contributed by atoms with van der Waals surface area (Å²) in [7, 11) is 0. The Morgan fingerprint density at radius 1 is 1.38 bits per heavy atom. The molecule has 0 saturated carbocycles. The molecule has 0 saturated heterocycles. The first-order chi connectivity index (χ1) is 7.60. The van der Waals surface area contributed by atoms with Gasteiger partial charge in [0.15, 0.2) is 12.1 Å². The summed E-state index contributed by atoms with van der Waals surface area (Å²) in [5.41, 5.74) is 0.0276. The fourth-order valence-electron chi connectivity index (χ4n) is 1.45. The molecule has 86 valence electrons. The average Bonchev–Trinajstić information content (AvgIpc) is 2.24. The van der Waals surface area contributed by atoms with Gasteiger partial charge in [-0.05, 0) is 12.5 Å². The molecule has 0 amide bonds. The van der Waals surface area contributed by atoms with Crippen LogP contribution in [0.1, 0.15) is 46.9 Å². The van der Waals surface area contributed by atoms with E-state index in [4.69, 9.17) is 0 Å². The first-order valence-electron chi connectivity index (χ1n) is 5.14. The van der Waals surface area contributed by atoms with Crippen LogP contribution < -0.4 is 0 Å². The van der Waals surface area contributed by atoms with Gasteiger partial charge in [-0.2, -0.15) is 0 Å². The third-order valence-corrected chi connectivity index (χ3v) is 2.32. The first-order valence-corrected chi connectivity index (χ1v) is 5.14. The maximum Gasteiger partial charge on any atom is 0.163 e. The molecular formula is C12H14O4. The highest BCUT2D eigenvalue weighted by Crippen LogP contribution is 2.27. The van der Waals surface area contributed by atoms with E-state index >= 15 is 0 Å². The predicted molar refractivity (Wildman–Crippen MR) is 59.0 cm³/mol. The van der Waals surface area contributed by atoms with E-state index in [1.807, 2.05) is 6.92 Å². The maximum atomic E-state index is 11.7. The van der Waals surface area contributed by atoms with Gasteiger partial charge in [-0.25, -0.2) is 0 Å². The number of carbonyl (C=O) groups excluding carboxylic acids is 2. The summed E-state index contributed by atoms with van der Waals surface area (Å²) in [6.07, 6.45) is 2.31. The molecule has 16 heavy (non-hydrogen) atoms. The molecule has 1 aromatic carbocycles. The van der Waals surface area contributed by atoms with Crippen molar-refractivity contribution in [2.75, 3.05) is 0 Å². The summed E-state index contributed by atoms with van der Waals surface area (Å²) in [6, 6.07) is 2.25. The Kier molecular flexibility index (Phi) is 4.05. The van der Waals surface area contributed by atoms with Crippen molar-refractivity contribution in [3.63, 3.8) is 0 Å². The number of aromatic hydroxyl groups is 2. The van der Waals surface area contributed by atoms with Crippen LogP contribution in [-0.4, -0.2) is 22.3 Å². The van der Waals surface area contributed by atoms with Crippen LogP contribution in [0.3, 0.4) is 0 Å². The molecule has 0 aromatic heterocycles. The van der Waals surface area contributed by atoms with E-state index in [-0.39, 0.29) is 28.4 Å². The molecule has 1 rings (SSSR count). The van der Waals surface area contributed by atoms with Gasteiger partial charge in [0.2, 0.25) is 0 Å². The molecule has 0 aliphatic carbocycles. The summed E-state index contributed by atoms with van der Waals surface area (Å²) in [5, 5.41) is 18.7. The van der Waals surface area contributed by atoms with Gasteiger partial charge in [0.05, 0.1) is 5.56 Å². The Morgan fingerprint density at radius 3 is 2.62 bits per heavy atom. The molecule has 0 radical (unpaired) electrons. The topological polar surface area (TPSA) is 74.6 Å². The summed E-state index contributed by atoms with van der Waals surface area (Å²) in [6.45, 7) is 1.95. The van der Waals surface area contributed by atoms with Gasteiger partial charge in [-0.1, -0.05) is 13.3 Å². The van der Waals surface area contributed by atoms with Crippen molar-refractivity contribution in [3.05, 3.63) is 23.3 Å². The standard InChI is InChI=1S/C12H14O4/c1-2-3-4-11(15)9-5-8(14)6-12(16)10(9)7-13/h5-7,14,16H,2-4H2,1H3. The highest BCUT2D eigenvalue weighted by atomic mass is 16.3. The second kappa shape index (κ2) is 5.30. The third kappa shape index (κ3) is 2.59. The normalized spacial score (nSPS) is 10.1. The van der Waals surface area contributed by atoms with Gasteiger partial charge in [0.1, 0.15) is 11.5 Å². The zero-order valence-corrected chi connectivity index (χ0v) is 9.06. The minimum absolute atomic E-state index is 0.0566. The van der Waals surface area contributed by atoms with E-state index in [1.54, 1.807) is 0 Å². The SMILES string of the molecule is CCCCC(=O)c1cc(O)cc(O)c1C=O. The van der Waals surface area contributed by atoms with Crippen LogP contribution >= 0.6 is 0 Å². The molecule has 4 nitrogen and oxygen atoms in total. The molecule has 0 spiro atoms. The van der Waals surface area contributed by atoms with Crippen LogP contribution in [0, 0.1) is 0 Å². The van der Waals surface area contributed by atoms with Crippen LogP contribution in [0.25, 0.3) is 0 Å². The monoisotopic (exact) mass is 222 g/mol. The van der Waals surface area contributed by atoms with Crippen molar-refractivity contribution in [2.45, 2.75) is 26.2 Å². The summed E-state index contributed by atoms with van der Waals surface area (Å²) < 4.78 is 0. The van der Waals surface area contributed by atoms with Gasteiger partial charge in [-0.15, -0.1) is 0 Å². The molecule has 2 N–H and O–H groups in total. The van der Waals surface area contributed by atoms with E-state index in [9.17, 15) is 19.8 Å². The number of rotatable bonds is 5. The van der Waals surface area contributed by atoms with Crippen LogP contribution in [0.15, 0.2) is 12.1 Å². The molecule has 0 bridgehead atoms. The van der Waals surface area contributed by atoms with Crippen molar-refractivity contribution in [1.82, 2.24) is 0 Å². The smallest absolute Gasteiger partial charge is 0.163 e. The molecule has 0 aliphatic rings. The minimum atomic E-state index is -0.366. The number of hydrogen-bond acceptors (Lipinski definition) is 4. The maximum absolute atomic E-state index is 11.7. The number of aldehydes is 1. The summed E-state index contributed by atoms with van der Waals surface area (Å²) in [4.78, 5) is 22.5. The van der Waals surface area contributed by atoms with Crippen LogP contribution in [0.2, 0.25) is 0 Å². The minimum Gasteiger partial charge on any atom is -0.508 e. The molecule has 1 aromatic rings. The largest absolute Gasteiger partial charge is 0.508 e. The third-order valence-electron chi connectivity index (χ3n) is 2.32. The number of hydrogen-bond donors (Lipinski definition) is 2. The highest BCUT2D eigenvalue weighted by molar-refractivity contribution is 6.04. The van der Waals surface area contributed by atoms with Gasteiger partial charge in [0.25, 0.3) is 0 Å². The molecule has 4 heteroatoms. The molecule has 0 atom stereocenters. The van der Waals surface area contributed by atoms with E-state index in [1.165, 1.54) is 6.07 Å². The van der Waals surface area contributed by atoms with Gasteiger partial charge in [-0.3, -0.25) is 9.59 Å². The zero-order chi connectivity index (χ0) is 12.1. The van der Waals surface area contributed by atoms with E-state index in [2.05, 4.69) is 0 Å². The first kappa shape index (κ1) is 12.2. The Labute approximate surface area is 93.5 Å². The summed E-state index contributed by atoms with van der Waals surface area (Å²) in [5.74, 6) is -0.826. The summed E-state index contributed by atoms with van der Waals surface area (Å²) >= 11 is 0. The van der Waals surface area contributed by atoms with Gasteiger partial charge in [0, 0.05) is 18.1 Å². The van der Waals surface area contributed by atoms with Gasteiger partial charge < -0.3 is 10.2 Å². The molecule has 0 aliphatic heterocycles. The second-order valence-corrected chi connectivity index (χ2v) is 3.57. The molecule has 0 unspecified atom stereocenters. The molecule has 0 heterocycles. The number of unbranched alkanes of at least 4 members (excludes halogenated alkanes) is 1. The van der Waals surface area contributed by atoms with Crippen LogP contribution in [0.4, 0.5) is 0 Å². The van der Waals surface area contributed by atoms with Crippen molar-refractivity contribution in [3.8, 4) is 11.5 Å². The predicted octanol–water partition coefficient (Wildman–Crippen LogP) is 2.28. The van der Waals surface area contributed by atoms with Crippen molar-refractivity contribution < 1.29 is 19.8 Å². The Bertz CT molecular complexity index is 410. The van der Waals surface area contributed by atoms with E-state index in [0.29, 0.717) is 19.1 Å². The number of benzene rings is 1. The number of phenolic OH excluding ortho intramolecular Hbond substituents is 2. The van der Waals surface area contributed by atoms with Gasteiger partial charge >= 0.3 is 0 Å². The van der Waals surface area contributed by atoms with E-state index < -0.39 is 0 Å².